The maximum atomic E-state index is 13.2. The lowest BCUT2D eigenvalue weighted by atomic mass is 9.95. The van der Waals surface area contributed by atoms with Crippen LogP contribution in [0.4, 0.5) is 5.82 Å². The van der Waals surface area contributed by atoms with Crippen molar-refractivity contribution >= 4 is 45.9 Å². The van der Waals surface area contributed by atoms with Crippen molar-refractivity contribution in [3.63, 3.8) is 0 Å². The first-order chi connectivity index (χ1) is 14.6. The zero-order chi connectivity index (χ0) is 21.1. The number of anilines is 1. The Morgan fingerprint density at radius 1 is 1.10 bits per heavy atom. The van der Waals surface area contributed by atoms with Gasteiger partial charge in [-0.2, -0.15) is 0 Å². The van der Waals surface area contributed by atoms with Crippen molar-refractivity contribution in [3.05, 3.63) is 69.2 Å². The minimum absolute atomic E-state index is 0.303. The molecule has 0 aliphatic carbocycles. The molecule has 30 heavy (non-hydrogen) atoms. The first-order valence-electron chi connectivity index (χ1n) is 10.4. The SMILES string of the molecule is CCOC(=O)c1c(N2CCCCC2)nc2ccc(Cl)cc2c1Cc1ccccc1Cl. The van der Waals surface area contributed by atoms with E-state index in [2.05, 4.69) is 4.90 Å². The Bertz CT molecular complexity index is 1080. The van der Waals surface area contributed by atoms with Crippen LogP contribution in [0.5, 0.6) is 0 Å². The molecule has 4 rings (SSSR count). The monoisotopic (exact) mass is 442 g/mol. The minimum atomic E-state index is -0.352. The quantitative estimate of drug-likeness (QED) is 0.434. The zero-order valence-corrected chi connectivity index (χ0v) is 18.5. The largest absolute Gasteiger partial charge is 0.462 e. The summed E-state index contributed by atoms with van der Waals surface area (Å²) in [5, 5.41) is 2.12. The molecule has 0 N–H and O–H groups in total. The maximum absolute atomic E-state index is 13.2. The fraction of sp³-hybridized carbons (Fsp3) is 0.333. The Morgan fingerprint density at radius 2 is 1.87 bits per heavy atom. The average Bonchev–Trinajstić information content (AvgIpc) is 2.76. The summed E-state index contributed by atoms with van der Waals surface area (Å²) >= 11 is 12.8. The zero-order valence-electron chi connectivity index (χ0n) is 17.0. The second-order valence-electron chi connectivity index (χ2n) is 7.49. The Labute approximate surface area is 186 Å². The third-order valence-corrected chi connectivity index (χ3v) is 6.10. The van der Waals surface area contributed by atoms with E-state index >= 15 is 0 Å². The number of halogens is 2. The van der Waals surface area contributed by atoms with Gasteiger partial charge in [0, 0.05) is 34.9 Å². The molecule has 0 bridgehead atoms. The first-order valence-corrected chi connectivity index (χ1v) is 11.1. The minimum Gasteiger partial charge on any atom is -0.462 e. The molecular formula is C24H24Cl2N2O2. The lowest BCUT2D eigenvalue weighted by molar-refractivity contribution is 0.0525. The van der Waals surface area contributed by atoms with Crippen LogP contribution in [-0.4, -0.2) is 30.6 Å². The molecule has 0 atom stereocenters. The van der Waals surface area contributed by atoms with Gasteiger partial charge in [0.2, 0.25) is 0 Å². The first kappa shape index (κ1) is 21.0. The molecule has 1 saturated heterocycles. The van der Waals surface area contributed by atoms with Crippen LogP contribution >= 0.6 is 23.2 Å². The van der Waals surface area contributed by atoms with Crippen LogP contribution in [0.2, 0.25) is 10.0 Å². The number of hydrogen-bond donors (Lipinski definition) is 0. The topological polar surface area (TPSA) is 42.4 Å². The Morgan fingerprint density at radius 3 is 2.60 bits per heavy atom. The predicted octanol–water partition coefficient (Wildman–Crippen LogP) is 6.30. The van der Waals surface area contributed by atoms with E-state index in [1.807, 2.05) is 49.4 Å². The molecule has 1 fully saturated rings. The van der Waals surface area contributed by atoms with E-state index in [0.29, 0.717) is 34.5 Å². The molecule has 0 radical (unpaired) electrons. The molecule has 156 valence electrons. The van der Waals surface area contributed by atoms with E-state index < -0.39 is 0 Å². The lowest BCUT2D eigenvalue weighted by Crippen LogP contribution is -2.32. The Hall–Kier alpha value is -2.30. The van der Waals surface area contributed by atoms with E-state index in [0.717, 1.165) is 48.0 Å². The van der Waals surface area contributed by atoms with Gasteiger partial charge < -0.3 is 9.64 Å². The van der Waals surface area contributed by atoms with Gasteiger partial charge in [0.15, 0.2) is 0 Å². The molecule has 0 amide bonds. The van der Waals surface area contributed by atoms with Gasteiger partial charge in [-0.25, -0.2) is 9.78 Å². The van der Waals surface area contributed by atoms with Gasteiger partial charge in [0.1, 0.15) is 11.4 Å². The molecule has 4 nitrogen and oxygen atoms in total. The number of hydrogen-bond acceptors (Lipinski definition) is 4. The highest BCUT2D eigenvalue weighted by Crippen LogP contribution is 2.35. The number of rotatable bonds is 5. The number of piperidine rings is 1. The van der Waals surface area contributed by atoms with Crippen LogP contribution in [0.25, 0.3) is 10.9 Å². The highest BCUT2D eigenvalue weighted by atomic mass is 35.5. The standard InChI is InChI=1S/C24H24Cl2N2O2/c1-2-30-24(29)22-19(14-16-8-4-5-9-20(16)26)18-15-17(25)10-11-21(18)27-23(22)28-12-6-3-7-13-28/h4-5,8-11,15H,2-3,6-7,12-14H2,1H3. The average molecular weight is 443 g/mol. The number of esters is 1. The number of pyridine rings is 1. The van der Waals surface area contributed by atoms with E-state index in [1.165, 1.54) is 6.42 Å². The number of benzene rings is 2. The molecular weight excluding hydrogens is 419 g/mol. The predicted molar refractivity (Wildman–Crippen MR) is 123 cm³/mol. The number of aromatic nitrogens is 1. The van der Waals surface area contributed by atoms with Gasteiger partial charge in [-0.05, 0) is 61.6 Å². The van der Waals surface area contributed by atoms with Crippen LogP contribution < -0.4 is 4.90 Å². The van der Waals surface area contributed by atoms with Crippen molar-refractivity contribution in [2.75, 3.05) is 24.6 Å². The van der Waals surface area contributed by atoms with Gasteiger partial charge in [0.05, 0.1) is 12.1 Å². The number of nitrogens with zero attached hydrogens (tertiary/aromatic N) is 2. The third-order valence-electron chi connectivity index (χ3n) is 5.50. The van der Waals surface area contributed by atoms with Crippen molar-refractivity contribution in [2.24, 2.45) is 0 Å². The van der Waals surface area contributed by atoms with E-state index in [-0.39, 0.29) is 5.97 Å². The molecule has 0 saturated carbocycles. The van der Waals surface area contributed by atoms with E-state index in [1.54, 1.807) is 0 Å². The van der Waals surface area contributed by atoms with Crippen molar-refractivity contribution < 1.29 is 9.53 Å². The van der Waals surface area contributed by atoms with Gasteiger partial charge in [-0.3, -0.25) is 0 Å². The summed E-state index contributed by atoms with van der Waals surface area (Å²) in [4.78, 5) is 20.3. The maximum Gasteiger partial charge on any atom is 0.342 e. The molecule has 6 heteroatoms. The van der Waals surface area contributed by atoms with Gasteiger partial charge in [-0.1, -0.05) is 41.4 Å². The molecule has 2 aromatic carbocycles. The summed E-state index contributed by atoms with van der Waals surface area (Å²) in [5.41, 5.74) is 3.14. The van der Waals surface area contributed by atoms with Crippen LogP contribution in [0.3, 0.4) is 0 Å². The molecule has 3 aromatic rings. The summed E-state index contributed by atoms with van der Waals surface area (Å²) < 4.78 is 5.48. The van der Waals surface area contributed by atoms with Crippen LogP contribution in [0, 0.1) is 0 Å². The van der Waals surface area contributed by atoms with Crippen molar-refractivity contribution in [1.82, 2.24) is 4.98 Å². The van der Waals surface area contributed by atoms with Crippen LogP contribution in [0.15, 0.2) is 42.5 Å². The summed E-state index contributed by atoms with van der Waals surface area (Å²) in [6.07, 6.45) is 3.86. The smallest absolute Gasteiger partial charge is 0.342 e. The molecule has 1 aromatic heterocycles. The highest BCUT2D eigenvalue weighted by Gasteiger charge is 2.27. The fourth-order valence-corrected chi connectivity index (χ4v) is 4.43. The van der Waals surface area contributed by atoms with Gasteiger partial charge >= 0.3 is 5.97 Å². The molecule has 0 spiro atoms. The van der Waals surface area contributed by atoms with E-state index in [9.17, 15) is 4.79 Å². The van der Waals surface area contributed by atoms with Gasteiger partial charge in [-0.15, -0.1) is 0 Å². The summed E-state index contributed by atoms with van der Waals surface area (Å²) in [6.45, 7) is 3.88. The fourth-order valence-electron chi connectivity index (χ4n) is 4.06. The summed E-state index contributed by atoms with van der Waals surface area (Å²) in [5.74, 6) is 0.347. The normalized spacial score (nSPS) is 14.2. The second-order valence-corrected chi connectivity index (χ2v) is 8.33. The van der Waals surface area contributed by atoms with Crippen molar-refractivity contribution in [1.29, 1.82) is 0 Å². The van der Waals surface area contributed by atoms with Crippen molar-refractivity contribution in [3.8, 4) is 0 Å². The van der Waals surface area contributed by atoms with Gasteiger partial charge in [0.25, 0.3) is 0 Å². The molecule has 2 heterocycles. The second kappa shape index (κ2) is 9.23. The molecule has 0 unspecified atom stereocenters. The number of carbonyl (C=O) groups excluding carboxylic acids is 1. The highest BCUT2D eigenvalue weighted by molar-refractivity contribution is 6.32. The van der Waals surface area contributed by atoms with Crippen LogP contribution in [-0.2, 0) is 11.2 Å². The Kier molecular flexibility index (Phi) is 6.45. The third kappa shape index (κ3) is 4.26. The molecule has 1 aliphatic rings. The summed E-state index contributed by atoms with van der Waals surface area (Å²) in [7, 11) is 0. The lowest BCUT2D eigenvalue weighted by Gasteiger charge is -2.30. The molecule has 1 aliphatic heterocycles. The summed E-state index contributed by atoms with van der Waals surface area (Å²) in [6, 6.07) is 13.3. The number of fused-ring (bicyclic) bond motifs is 1. The van der Waals surface area contributed by atoms with E-state index in [4.69, 9.17) is 32.9 Å². The number of carbonyl (C=O) groups is 1. The van der Waals surface area contributed by atoms with Crippen LogP contribution in [0.1, 0.15) is 47.7 Å². The Balaban J connectivity index is 1.98. The van der Waals surface area contributed by atoms with Crippen molar-refractivity contribution in [2.45, 2.75) is 32.6 Å². The number of ether oxygens (including phenoxy) is 1.